The molecule has 2 heterocycles. The van der Waals surface area contributed by atoms with E-state index in [2.05, 4.69) is 10.3 Å². The number of nitrogens with one attached hydrogen (secondary N) is 1. The molecule has 2 amide bonds. The third kappa shape index (κ3) is 2.88. The van der Waals surface area contributed by atoms with E-state index in [0.717, 1.165) is 0 Å². The maximum atomic E-state index is 11.6. The van der Waals surface area contributed by atoms with Crippen molar-refractivity contribution in [2.45, 2.75) is 0 Å². The predicted molar refractivity (Wildman–Crippen MR) is 63.9 cm³/mol. The first-order valence-corrected chi connectivity index (χ1v) is 5.58. The molecule has 7 nitrogen and oxygen atoms in total. The summed E-state index contributed by atoms with van der Waals surface area (Å²) < 4.78 is 5.01. The van der Waals surface area contributed by atoms with E-state index >= 15 is 0 Å². The third-order valence-electron chi connectivity index (χ3n) is 2.54. The SMILES string of the molecule is Nc1ccc(C(=O)OCCN2CCNC2=O)nc1. The van der Waals surface area contributed by atoms with Crippen LogP contribution in [0.4, 0.5) is 10.5 Å². The predicted octanol–water partition coefficient (Wildman–Crippen LogP) is -0.154. The Balaban J connectivity index is 1.78. The number of esters is 1. The zero-order valence-electron chi connectivity index (χ0n) is 9.76. The Kier molecular flexibility index (Phi) is 3.61. The molecule has 0 atom stereocenters. The molecule has 0 aliphatic carbocycles. The molecule has 1 aliphatic heterocycles. The van der Waals surface area contributed by atoms with Crippen molar-refractivity contribution < 1.29 is 14.3 Å². The minimum absolute atomic E-state index is 0.128. The summed E-state index contributed by atoms with van der Waals surface area (Å²) in [7, 11) is 0. The number of anilines is 1. The van der Waals surface area contributed by atoms with Gasteiger partial charge in [0.15, 0.2) is 0 Å². The third-order valence-corrected chi connectivity index (χ3v) is 2.54. The molecule has 0 saturated carbocycles. The van der Waals surface area contributed by atoms with Gasteiger partial charge in [-0.25, -0.2) is 14.6 Å². The monoisotopic (exact) mass is 250 g/mol. The lowest BCUT2D eigenvalue weighted by Crippen LogP contribution is -2.31. The number of nitrogen functional groups attached to an aromatic ring is 1. The van der Waals surface area contributed by atoms with Crippen LogP contribution in [-0.2, 0) is 4.74 Å². The number of carbonyl (C=O) groups is 2. The van der Waals surface area contributed by atoms with Gasteiger partial charge in [-0.1, -0.05) is 0 Å². The number of amides is 2. The molecule has 3 N–H and O–H groups in total. The highest BCUT2D eigenvalue weighted by Crippen LogP contribution is 2.03. The minimum Gasteiger partial charge on any atom is -0.459 e. The number of urea groups is 1. The number of carbonyl (C=O) groups excluding carboxylic acids is 2. The minimum atomic E-state index is -0.519. The second kappa shape index (κ2) is 5.35. The number of aromatic nitrogens is 1. The zero-order valence-corrected chi connectivity index (χ0v) is 9.76. The summed E-state index contributed by atoms with van der Waals surface area (Å²) in [5.41, 5.74) is 6.15. The van der Waals surface area contributed by atoms with Gasteiger partial charge in [0.05, 0.1) is 18.4 Å². The van der Waals surface area contributed by atoms with Crippen LogP contribution in [0.5, 0.6) is 0 Å². The van der Waals surface area contributed by atoms with Crippen molar-refractivity contribution in [2.24, 2.45) is 0 Å². The fraction of sp³-hybridized carbons (Fsp3) is 0.364. The van der Waals surface area contributed by atoms with Crippen LogP contribution < -0.4 is 11.1 Å². The van der Waals surface area contributed by atoms with Gasteiger partial charge in [-0.15, -0.1) is 0 Å². The van der Waals surface area contributed by atoms with Gasteiger partial charge in [-0.3, -0.25) is 0 Å². The molecule has 0 bridgehead atoms. The summed E-state index contributed by atoms with van der Waals surface area (Å²) in [6.45, 7) is 1.80. The van der Waals surface area contributed by atoms with Gasteiger partial charge >= 0.3 is 12.0 Å². The van der Waals surface area contributed by atoms with E-state index in [1.807, 2.05) is 0 Å². The number of ether oxygens (including phenoxy) is 1. The van der Waals surface area contributed by atoms with Crippen LogP contribution in [0, 0.1) is 0 Å². The molecule has 96 valence electrons. The fourth-order valence-electron chi connectivity index (χ4n) is 1.57. The number of pyridine rings is 1. The van der Waals surface area contributed by atoms with E-state index in [4.69, 9.17) is 10.5 Å². The Morgan fingerprint density at radius 2 is 2.39 bits per heavy atom. The van der Waals surface area contributed by atoms with Crippen LogP contribution in [0.1, 0.15) is 10.5 Å². The van der Waals surface area contributed by atoms with Gasteiger partial charge in [-0.05, 0) is 12.1 Å². The second-order valence-corrected chi connectivity index (χ2v) is 3.83. The first-order chi connectivity index (χ1) is 8.66. The smallest absolute Gasteiger partial charge is 0.356 e. The van der Waals surface area contributed by atoms with Crippen molar-refractivity contribution in [3.05, 3.63) is 24.0 Å². The van der Waals surface area contributed by atoms with Gasteiger partial charge in [0, 0.05) is 13.1 Å². The number of hydrogen-bond acceptors (Lipinski definition) is 5. The Labute approximate surface area is 104 Å². The Hall–Kier alpha value is -2.31. The van der Waals surface area contributed by atoms with Crippen LogP contribution >= 0.6 is 0 Å². The lowest BCUT2D eigenvalue weighted by Gasteiger charge is -2.13. The highest BCUT2D eigenvalue weighted by molar-refractivity contribution is 5.87. The number of hydrogen-bond donors (Lipinski definition) is 2. The maximum absolute atomic E-state index is 11.6. The molecule has 1 aromatic heterocycles. The topological polar surface area (TPSA) is 97.5 Å². The van der Waals surface area contributed by atoms with Gasteiger partial charge in [0.2, 0.25) is 0 Å². The van der Waals surface area contributed by atoms with Crippen LogP contribution in [0.3, 0.4) is 0 Å². The van der Waals surface area contributed by atoms with Crippen LogP contribution in [0.2, 0.25) is 0 Å². The standard InChI is InChI=1S/C11H14N4O3/c12-8-1-2-9(14-7-8)10(16)18-6-5-15-4-3-13-11(15)17/h1-2,7H,3-6,12H2,(H,13,17). The highest BCUT2D eigenvalue weighted by atomic mass is 16.5. The highest BCUT2D eigenvalue weighted by Gasteiger charge is 2.19. The van der Waals surface area contributed by atoms with Crippen molar-refractivity contribution in [1.29, 1.82) is 0 Å². The van der Waals surface area contributed by atoms with Crippen LogP contribution in [0.25, 0.3) is 0 Å². The average Bonchev–Trinajstić information content (AvgIpc) is 2.76. The second-order valence-electron chi connectivity index (χ2n) is 3.83. The van der Waals surface area contributed by atoms with E-state index in [1.165, 1.54) is 12.3 Å². The van der Waals surface area contributed by atoms with Crippen molar-refractivity contribution in [3.63, 3.8) is 0 Å². The Bertz CT molecular complexity index is 446. The van der Waals surface area contributed by atoms with Crippen molar-refractivity contribution in [1.82, 2.24) is 15.2 Å². The number of rotatable bonds is 4. The van der Waals surface area contributed by atoms with Crippen molar-refractivity contribution in [2.75, 3.05) is 32.0 Å². The summed E-state index contributed by atoms with van der Waals surface area (Å²) in [6, 6.07) is 2.95. The summed E-state index contributed by atoms with van der Waals surface area (Å²) >= 11 is 0. The van der Waals surface area contributed by atoms with Crippen LogP contribution in [0.15, 0.2) is 18.3 Å². The molecular weight excluding hydrogens is 236 g/mol. The maximum Gasteiger partial charge on any atom is 0.356 e. The van der Waals surface area contributed by atoms with Crippen molar-refractivity contribution >= 4 is 17.7 Å². The summed E-state index contributed by atoms with van der Waals surface area (Å²) in [6.07, 6.45) is 1.39. The van der Waals surface area contributed by atoms with E-state index < -0.39 is 5.97 Å². The lowest BCUT2D eigenvalue weighted by atomic mass is 10.3. The Morgan fingerprint density at radius 1 is 1.56 bits per heavy atom. The van der Waals surface area contributed by atoms with Gasteiger partial charge in [-0.2, -0.15) is 0 Å². The van der Waals surface area contributed by atoms with E-state index in [1.54, 1.807) is 11.0 Å². The van der Waals surface area contributed by atoms with E-state index in [-0.39, 0.29) is 18.3 Å². The summed E-state index contributed by atoms with van der Waals surface area (Å²) in [5.74, 6) is -0.519. The largest absolute Gasteiger partial charge is 0.459 e. The molecule has 1 saturated heterocycles. The molecule has 1 aromatic rings. The molecule has 1 fully saturated rings. The lowest BCUT2D eigenvalue weighted by molar-refractivity contribution is 0.0475. The van der Waals surface area contributed by atoms with E-state index in [9.17, 15) is 9.59 Å². The number of nitrogens with zero attached hydrogens (tertiary/aromatic N) is 2. The zero-order chi connectivity index (χ0) is 13.0. The van der Waals surface area contributed by atoms with E-state index in [0.29, 0.717) is 25.3 Å². The first kappa shape index (κ1) is 12.2. The van der Waals surface area contributed by atoms with Gasteiger partial charge in [0.1, 0.15) is 12.3 Å². The van der Waals surface area contributed by atoms with Gasteiger partial charge in [0.25, 0.3) is 0 Å². The molecule has 0 spiro atoms. The Morgan fingerprint density at radius 3 is 3.00 bits per heavy atom. The molecule has 18 heavy (non-hydrogen) atoms. The molecule has 0 unspecified atom stereocenters. The van der Waals surface area contributed by atoms with Crippen molar-refractivity contribution in [3.8, 4) is 0 Å². The molecule has 0 aromatic carbocycles. The molecule has 0 radical (unpaired) electrons. The first-order valence-electron chi connectivity index (χ1n) is 5.58. The van der Waals surface area contributed by atoms with Crippen LogP contribution in [-0.4, -0.2) is 48.1 Å². The molecule has 1 aliphatic rings. The molecular formula is C11H14N4O3. The number of nitrogens with two attached hydrogens (primary N) is 1. The fourth-order valence-corrected chi connectivity index (χ4v) is 1.57. The quantitative estimate of drug-likeness (QED) is 0.724. The molecule has 7 heteroatoms. The summed E-state index contributed by atoms with van der Waals surface area (Å²) in [4.78, 5) is 28.2. The normalized spacial score (nSPS) is 14.4. The average molecular weight is 250 g/mol. The molecule has 2 rings (SSSR count). The summed E-state index contributed by atoms with van der Waals surface area (Å²) in [5, 5.41) is 2.67. The van der Waals surface area contributed by atoms with Gasteiger partial charge < -0.3 is 20.7 Å².